The highest BCUT2D eigenvalue weighted by Crippen LogP contribution is 2.29. The number of nitrogens with one attached hydrogen (secondary N) is 2. The van der Waals surface area contributed by atoms with Gasteiger partial charge >= 0.3 is 0 Å². The summed E-state index contributed by atoms with van der Waals surface area (Å²) in [4.78, 5) is 9.45. The van der Waals surface area contributed by atoms with Crippen molar-refractivity contribution in [2.45, 2.75) is 12.5 Å². The number of benzene rings is 1. The zero-order valence-electron chi connectivity index (χ0n) is 14.1. The Balaban J connectivity index is 1.48. The number of pyridine rings is 1. The van der Waals surface area contributed by atoms with E-state index in [1.807, 2.05) is 36.4 Å². The van der Waals surface area contributed by atoms with Crippen LogP contribution in [0.2, 0.25) is 0 Å². The van der Waals surface area contributed by atoms with E-state index < -0.39 is 6.10 Å². The maximum Gasteiger partial charge on any atom is 0.191 e. The summed E-state index contributed by atoms with van der Waals surface area (Å²) in [5, 5.41) is 18.0. The van der Waals surface area contributed by atoms with Crippen LogP contribution in [0.15, 0.2) is 59.7 Å². The number of hydrogen-bond donors (Lipinski definition) is 3. The van der Waals surface area contributed by atoms with E-state index in [0.717, 1.165) is 23.5 Å². The Morgan fingerprint density at radius 3 is 2.80 bits per heavy atom. The summed E-state index contributed by atoms with van der Waals surface area (Å²) < 4.78 is 1.19. The Morgan fingerprint density at radius 1 is 1.20 bits per heavy atom. The predicted molar refractivity (Wildman–Crippen MR) is 104 cm³/mol. The molecule has 0 spiro atoms. The molecule has 0 aliphatic heterocycles. The van der Waals surface area contributed by atoms with Crippen molar-refractivity contribution >= 4 is 27.4 Å². The summed E-state index contributed by atoms with van der Waals surface area (Å²) in [5.74, 6) is 0.677. The van der Waals surface area contributed by atoms with Crippen LogP contribution in [0, 0.1) is 0 Å². The first-order chi connectivity index (χ1) is 12.3. The number of aliphatic hydroxyl groups excluding tert-OH is 1. The Hall–Kier alpha value is -2.44. The number of thiophene rings is 1. The van der Waals surface area contributed by atoms with E-state index in [2.05, 4.69) is 32.7 Å². The number of aliphatic hydroxyl groups is 1. The van der Waals surface area contributed by atoms with Gasteiger partial charge in [0.2, 0.25) is 0 Å². The number of nitrogens with zero attached hydrogens (tertiary/aromatic N) is 2. The summed E-state index contributed by atoms with van der Waals surface area (Å²) >= 11 is 1.62. The van der Waals surface area contributed by atoms with Gasteiger partial charge in [0.25, 0.3) is 0 Å². The number of aliphatic imine (C=N–C) groups is 1. The van der Waals surface area contributed by atoms with E-state index in [9.17, 15) is 5.11 Å². The Morgan fingerprint density at radius 2 is 2.04 bits per heavy atom. The molecule has 3 N–H and O–H groups in total. The lowest BCUT2D eigenvalue weighted by molar-refractivity contribution is 0.184. The van der Waals surface area contributed by atoms with Crippen LogP contribution in [0.4, 0.5) is 0 Å². The van der Waals surface area contributed by atoms with Gasteiger partial charge in [-0.25, -0.2) is 0 Å². The van der Waals surface area contributed by atoms with E-state index in [1.54, 1.807) is 24.6 Å². The molecule has 0 amide bonds. The average molecular weight is 354 g/mol. The summed E-state index contributed by atoms with van der Waals surface area (Å²) in [5.41, 5.74) is 1.04. The largest absolute Gasteiger partial charge is 0.386 e. The monoisotopic (exact) mass is 354 g/mol. The van der Waals surface area contributed by atoms with Crippen LogP contribution in [0.5, 0.6) is 0 Å². The molecule has 0 aliphatic rings. The second kappa shape index (κ2) is 8.60. The molecule has 3 aromatic rings. The summed E-state index contributed by atoms with van der Waals surface area (Å²) in [6, 6.07) is 16.1. The van der Waals surface area contributed by atoms with Gasteiger partial charge in [0.05, 0.1) is 0 Å². The fourth-order valence-corrected chi connectivity index (χ4v) is 3.59. The molecule has 130 valence electrons. The van der Waals surface area contributed by atoms with Crippen LogP contribution in [0.25, 0.3) is 10.1 Å². The van der Waals surface area contributed by atoms with Gasteiger partial charge in [-0.1, -0.05) is 24.3 Å². The van der Waals surface area contributed by atoms with Gasteiger partial charge in [-0.15, -0.1) is 11.3 Å². The molecule has 0 radical (unpaired) electrons. The number of guanidine groups is 1. The number of hydrogen-bond acceptors (Lipinski definition) is 4. The van der Waals surface area contributed by atoms with E-state index >= 15 is 0 Å². The minimum Gasteiger partial charge on any atom is -0.386 e. The SMILES string of the molecule is CN=C(NCCc1ccccn1)NCC(O)c1cc2ccccc2s1. The average Bonchev–Trinajstić information content (AvgIpc) is 3.09. The van der Waals surface area contributed by atoms with Gasteiger partial charge in [-0.05, 0) is 29.7 Å². The molecular formula is C19H22N4OS. The van der Waals surface area contributed by atoms with Crippen molar-refractivity contribution in [3.8, 4) is 0 Å². The molecular weight excluding hydrogens is 332 g/mol. The number of rotatable bonds is 6. The van der Waals surface area contributed by atoms with Crippen molar-refractivity contribution in [1.82, 2.24) is 15.6 Å². The van der Waals surface area contributed by atoms with Gasteiger partial charge < -0.3 is 15.7 Å². The normalized spacial score (nSPS) is 13.0. The molecule has 0 aliphatic carbocycles. The molecule has 1 unspecified atom stereocenters. The smallest absolute Gasteiger partial charge is 0.191 e. The van der Waals surface area contributed by atoms with Crippen molar-refractivity contribution in [2.24, 2.45) is 4.99 Å². The fourth-order valence-electron chi connectivity index (χ4n) is 2.54. The lowest BCUT2D eigenvalue weighted by Crippen LogP contribution is -2.40. The van der Waals surface area contributed by atoms with Crippen LogP contribution in [-0.2, 0) is 6.42 Å². The molecule has 1 aromatic carbocycles. The molecule has 5 nitrogen and oxygen atoms in total. The molecule has 0 saturated heterocycles. The topological polar surface area (TPSA) is 69.5 Å². The molecule has 0 saturated carbocycles. The molecule has 3 rings (SSSR count). The second-order valence-electron chi connectivity index (χ2n) is 5.65. The molecule has 2 heterocycles. The van der Waals surface area contributed by atoms with Crippen LogP contribution >= 0.6 is 11.3 Å². The second-order valence-corrected chi connectivity index (χ2v) is 6.77. The molecule has 2 aromatic heterocycles. The molecule has 25 heavy (non-hydrogen) atoms. The summed E-state index contributed by atoms with van der Waals surface area (Å²) in [7, 11) is 1.72. The van der Waals surface area contributed by atoms with Gasteiger partial charge in [0.1, 0.15) is 6.10 Å². The highest BCUT2D eigenvalue weighted by Gasteiger charge is 2.12. The zero-order valence-corrected chi connectivity index (χ0v) is 15.0. The standard InChI is InChI=1S/C19H22N4OS/c1-20-19(22-11-9-15-7-4-5-10-21-15)23-13-16(24)18-12-14-6-2-3-8-17(14)25-18/h2-8,10,12,16,24H,9,11,13H2,1H3,(H2,20,22,23). The van der Waals surface area contributed by atoms with Crippen molar-refractivity contribution in [3.05, 3.63) is 65.3 Å². The van der Waals surface area contributed by atoms with Gasteiger partial charge in [0, 0.05) is 48.0 Å². The van der Waals surface area contributed by atoms with Crippen molar-refractivity contribution < 1.29 is 5.11 Å². The van der Waals surface area contributed by atoms with E-state index in [-0.39, 0.29) is 0 Å². The first-order valence-electron chi connectivity index (χ1n) is 8.27. The highest BCUT2D eigenvalue weighted by molar-refractivity contribution is 7.19. The quantitative estimate of drug-likeness (QED) is 0.470. The van der Waals surface area contributed by atoms with Crippen molar-refractivity contribution in [1.29, 1.82) is 0 Å². The Kier molecular flexibility index (Phi) is 5.98. The lowest BCUT2D eigenvalue weighted by atomic mass is 10.2. The van der Waals surface area contributed by atoms with E-state index in [0.29, 0.717) is 12.5 Å². The Bertz CT molecular complexity index is 799. The maximum absolute atomic E-state index is 10.4. The van der Waals surface area contributed by atoms with Crippen LogP contribution in [0.1, 0.15) is 16.7 Å². The van der Waals surface area contributed by atoms with Crippen LogP contribution < -0.4 is 10.6 Å². The molecule has 6 heteroatoms. The van der Waals surface area contributed by atoms with Gasteiger partial charge in [0.15, 0.2) is 5.96 Å². The molecule has 0 bridgehead atoms. The highest BCUT2D eigenvalue weighted by atomic mass is 32.1. The lowest BCUT2D eigenvalue weighted by Gasteiger charge is -2.14. The molecule has 0 fully saturated rings. The zero-order chi connectivity index (χ0) is 17.5. The third-order valence-electron chi connectivity index (χ3n) is 3.86. The van der Waals surface area contributed by atoms with Crippen LogP contribution in [-0.4, -0.2) is 36.2 Å². The third kappa shape index (κ3) is 4.78. The summed E-state index contributed by atoms with van der Waals surface area (Å²) in [6.45, 7) is 1.14. The maximum atomic E-state index is 10.4. The van der Waals surface area contributed by atoms with Crippen molar-refractivity contribution in [3.63, 3.8) is 0 Å². The van der Waals surface area contributed by atoms with E-state index in [4.69, 9.17) is 0 Å². The minimum absolute atomic E-state index is 0.413. The summed E-state index contributed by atoms with van der Waals surface area (Å²) in [6.07, 6.45) is 2.05. The van der Waals surface area contributed by atoms with Gasteiger partial charge in [-0.2, -0.15) is 0 Å². The first-order valence-corrected chi connectivity index (χ1v) is 9.09. The fraction of sp³-hybridized carbons (Fsp3) is 0.263. The predicted octanol–water partition coefficient (Wildman–Crippen LogP) is 2.74. The number of fused-ring (bicyclic) bond motifs is 1. The van der Waals surface area contributed by atoms with Crippen molar-refractivity contribution in [2.75, 3.05) is 20.1 Å². The Labute approximate surface area is 151 Å². The minimum atomic E-state index is -0.563. The van der Waals surface area contributed by atoms with Crippen LogP contribution in [0.3, 0.4) is 0 Å². The number of aromatic nitrogens is 1. The third-order valence-corrected chi connectivity index (χ3v) is 5.08. The van der Waals surface area contributed by atoms with E-state index in [1.165, 1.54) is 10.1 Å². The van der Waals surface area contributed by atoms with Gasteiger partial charge in [-0.3, -0.25) is 9.98 Å². The first kappa shape index (κ1) is 17.4. The molecule has 1 atom stereocenters.